The topological polar surface area (TPSA) is 49.4 Å². The number of hydrogen-bond donors (Lipinski definition) is 1. The van der Waals surface area contributed by atoms with Crippen molar-refractivity contribution in [3.63, 3.8) is 0 Å². The van der Waals surface area contributed by atoms with Crippen LogP contribution in [0.5, 0.6) is 0 Å². The molecule has 0 aliphatic carbocycles. The lowest BCUT2D eigenvalue weighted by molar-refractivity contribution is -0.137. The van der Waals surface area contributed by atoms with Crippen molar-refractivity contribution in [1.29, 1.82) is 0 Å². The summed E-state index contributed by atoms with van der Waals surface area (Å²) < 4.78 is 79.5. The van der Waals surface area contributed by atoms with Crippen molar-refractivity contribution < 1.29 is 26.0 Å². The van der Waals surface area contributed by atoms with Crippen LogP contribution in [-0.2, 0) is 16.2 Å². The van der Waals surface area contributed by atoms with Crippen LogP contribution in [0, 0.1) is 5.82 Å². The van der Waals surface area contributed by atoms with E-state index in [4.69, 9.17) is 0 Å². The minimum Gasteiger partial charge on any atom is -0.303 e. The summed E-state index contributed by atoms with van der Waals surface area (Å²) in [5.41, 5.74) is -0.00161. The molecule has 1 fully saturated rings. The molecule has 0 radical (unpaired) electrons. The summed E-state index contributed by atoms with van der Waals surface area (Å²) >= 11 is 0. The van der Waals surface area contributed by atoms with Gasteiger partial charge in [0, 0.05) is 12.2 Å². The number of halogens is 4. The van der Waals surface area contributed by atoms with Crippen LogP contribution in [0.25, 0.3) is 0 Å². The number of anilines is 1. The van der Waals surface area contributed by atoms with Gasteiger partial charge < -0.3 is 4.90 Å². The van der Waals surface area contributed by atoms with Crippen LogP contribution in [0.2, 0.25) is 0 Å². The first kappa shape index (κ1) is 21.6. The lowest BCUT2D eigenvalue weighted by atomic mass is 9.98. The van der Waals surface area contributed by atoms with Gasteiger partial charge in [0.1, 0.15) is 10.7 Å². The molecular weight excluding hydrogens is 408 g/mol. The van der Waals surface area contributed by atoms with E-state index in [1.54, 1.807) is 24.3 Å². The van der Waals surface area contributed by atoms with E-state index in [2.05, 4.69) is 16.5 Å². The molecule has 1 aliphatic rings. The monoisotopic (exact) mass is 430 g/mol. The second kappa shape index (κ2) is 8.31. The summed E-state index contributed by atoms with van der Waals surface area (Å²) in [4.78, 5) is 1.33. The third-order valence-corrected chi connectivity index (χ3v) is 6.39. The normalized spacial score (nSPS) is 18.2. The van der Waals surface area contributed by atoms with Gasteiger partial charge in [0.15, 0.2) is 0 Å². The van der Waals surface area contributed by atoms with Crippen molar-refractivity contribution in [2.24, 2.45) is 0 Å². The molecule has 1 aliphatic heterocycles. The smallest absolute Gasteiger partial charge is 0.303 e. The van der Waals surface area contributed by atoms with Crippen molar-refractivity contribution in [3.05, 3.63) is 59.4 Å². The maximum Gasteiger partial charge on any atom is 0.416 e. The molecule has 1 N–H and O–H groups in total. The third-order valence-electron chi connectivity index (χ3n) is 4.99. The second-order valence-corrected chi connectivity index (χ2v) is 8.81. The van der Waals surface area contributed by atoms with Gasteiger partial charge in [-0.2, -0.15) is 13.2 Å². The van der Waals surface area contributed by atoms with Crippen LogP contribution >= 0.6 is 0 Å². The van der Waals surface area contributed by atoms with Crippen LogP contribution in [0.4, 0.5) is 23.2 Å². The molecule has 9 heteroatoms. The van der Waals surface area contributed by atoms with Gasteiger partial charge in [0.05, 0.1) is 5.56 Å². The van der Waals surface area contributed by atoms with Gasteiger partial charge in [-0.05, 0) is 67.7 Å². The lowest BCUT2D eigenvalue weighted by Gasteiger charge is -2.15. The summed E-state index contributed by atoms with van der Waals surface area (Å²) in [5.74, 6) is -0.891. The zero-order valence-electron chi connectivity index (χ0n) is 15.8. The van der Waals surface area contributed by atoms with E-state index in [1.165, 1.54) is 0 Å². The van der Waals surface area contributed by atoms with Crippen LogP contribution in [0.3, 0.4) is 0 Å². The number of nitrogens with one attached hydrogen (secondary N) is 1. The third kappa shape index (κ3) is 5.08. The van der Waals surface area contributed by atoms with E-state index >= 15 is 0 Å². The molecule has 29 heavy (non-hydrogen) atoms. The molecule has 0 saturated carbocycles. The van der Waals surface area contributed by atoms with Crippen LogP contribution in [-0.4, -0.2) is 33.0 Å². The van der Waals surface area contributed by atoms with Crippen molar-refractivity contribution in [3.8, 4) is 0 Å². The van der Waals surface area contributed by atoms with Crippen LogP contribution < -0.4 is 4.72 Å². The molecule has 2 aromatic carbocycles. The summed E-state index contributed by atoms with van der Waals surface area (Å²) in [6.45, 7) is 5.12. The summed E-state index contributed by atoms with van der Waals surface area (Å²) in [6.07, 6.45) is -2.67. The molecule has 2 aromatic rings. The lowest BCUT2D eigenvalue weighted by Crippen LogP contribution is -2.20. The molecule has 0 aromatic heterocycles. The minimum absolute atomic E-state index is 0.161. The van der Waals surface area contributed by atoms with Crippen molar-refractivity contribution >= 4 is 15.7 Å². The van der Waals surface area contributed by atoms with E-state index in [-0.39, 0.29) is 5.69 Å². The quantitative estimate of drug-likeness (QED) is 0.667. The predicted molar refractivity (Wildman–Crippen MR) is 103 cm³/mol. The fourth-order valence-electron chi connectivity index (χ4n) is 3.54. The Labute approximate surface area is 167 Å². The molecule has 0 amide bonds. The Balaban J connectivity index is 1.76. The van der Waals surface area contributed by atoms with Gasteiger partial charge >= 0.3 is 6.18 Å². The number of likely N-dealkylation sites (tertiary alicyclic amines) is 1. The average molecular weight is 430 g/mol. The van der Waals surface area contributed by atoms with Gasteiger partial charge in [0.2, 0.25) is 0 Å². The number of sulfonamides is 1. The largest absolute Gasteiger partial charge is 0.416 e. The van der Waals surface area contributed by atoms with Crippen LogP contribution in [0.1, 0.15) is 36.8 Å². The van der Waals surface area contributed by atoms with Gasteiger partial charge in [-0.3, -0.25) is 4.72 Å². The van der Waals surface area contributed by atoms with Crippen molar-refractivity contribution in [2.75, 3.05) is 24.4 Å². The molecule has 0 bridgehead atoms. The molecule has 0 spiro atoms. The summed E-state index contributed by atoms with van der Waals surface area (Å²) in [6, 6.07) is 7.98. The average Bonchev–Trinajstić information content (AvgIpc) is 3.10. The van der Waals surface area contributed by atoms with Gasteiger partial charge in [-0.15, -0.1) is 0 Å². The van der Waals surface area contributed by atoms with Crippen LogP contribution in [0.15, 0.2) is 47.4 Å². The molecular formula is C20H22F4N2O2S. The maximum atomic E-state index is 13.9. The molecule has 1 atom stereocenters. The second-order valence-electron chi connectivity index (χ2n) is 7.16. The maximum absolute atomic E-state index is 13.9. The van der Waals surface area contributed by atoms with E-state index in [0.29, 0.717) is 24.1 Å². The molecule has 158 valence electrons. The number of alkyl halides is 3. The Kier molecular flexibility index (Phi) is 6.19. The first-order valence-corrected chi connectivity index (χ1v) is 10.8. The van der Waals surface area contributed by atoms with Crippen molar-refractivity contribution in [1.82, 2.24) is 4.90 Å². The fourth-order valence-corrected chi connectivity index (χ4v) is 4.71. The molecule has 3 rings (SSSR count). The standard InChI is InChI=1S/C20H22F4N2O2S/c1-2-10-26-11-9-15(13-26)14-3-6-17(7-4-14)25-29(27,28)19-12-16(20(22,23)24)5-8-18(19)21/h3-8,12,15,25H,2,9-11,13H2,1H3/t15-/m1/s1. The first-order valence-electron chi connectivity index (χ1n) is 9.32. The minimum atomic E-state index is -4.77. The molecule has 4 nitrogen and oxygen atoms in total. The highest BCUT2D eigenvalue weighted by Crippen LogP contribution is 2.32. The Morgan fingerprint density at radius 3 is 2.45 bits per heavy atom. The van der Waals surface area contributed by atoms with E-state index in [1.807, 2.05) is 0 Å². The van der Waals surface area contributed by atoms with Gasteiger partial charge in [-0.25, -0.2) is 12.8 Å². The molecule has 1 heterocycles. The summed E-state index contributed by atoms with van der Waals surface area (Å²) in [5, 5.41) is 0. The highest BCUT2D eigenvalue weighted by Gasteiger charge is 2.33. The zero-order valence-corrected chi connectivity index (χ0v) is 16.7. The number of rotatable bonds is 6. The highest BCUT2D eigenvalue weighted by molar-refractivity contribution is 7.92. The number of benzene rings is 2. The summed E-state index contributed by atoms with van der Waals surface area (Å²) in [7, 11) is -4.51. The Morgan fingerprint density at radius 1 is 1.14 bits per heavy atom. The SMILES string of the molecule is CCCN1CC[C@@H](c2ccc(NS(=O)(=O)c3cc(C(F)(F)F)ccc3F)cc2)C1. The van der Waals surface area contributed by atoms with E-state index < -0.39 is 32.5 Å². The first-order chi connectivity index (χ1) is 13.6. The predicted octanol–water partition coefficient (Wildman–Crippen LogP) is 4.84. The molecule has 0 unspecified atom stereocenters. The number of hydrogen-bond acceptors (Lipinski definition) is 3. The Hall–Kier alpha value is -2.13. The van der Waals surface area contributed by atoms with Gasteiger partial charge in [0.25, 0.3) is 10.0 Å². The van der Waals surface area contributed by atoms with Crippen molar-refractivity contribution in [2.45, 2.75) is 36.8 Å². The number of nitrogens with zero attached hydrogens (tertiary/aromatic N) is 1. The zero-order chi connectivity index (χ0) is 21.2. The Bertz CT molecular complexity index is 959. The van der Waals surface area contributed by atoms with E-state index in [9.17, 15) is 26.0 Å². The van der Waals surface area contributed by atoms with Gasteiger partial charge in [-0.1, -0.05) is 19.1 Å². The van der Waals surface area contributed by atoms with E-state index in [0.717, 1.165) is 38.0 Å². The highest BCUT2D eigenvalue weighted by atomic mass is 32.2. The fraction of sp³-hybridized carbons (Fsp3) is 0.400. The Morgan fingerprint density at radius 2 is 1.83 bits per heavy atom. The molecule has 1 saturated heterocycles.